The Labute approximate surface area is 202 Å². The van der Waals surface area contributed by atoms with Crippen LogP contribution in [0.15, 0.2) is 11.6 Å². The summed E-state index contributed by atoms with van der Waals surface area (Å²) < 4.78 is 0. The number of aliphatic carboxylic acids is 1. The van der Waals surface area contributed by atoms with E-state index in [0.29, 0.717) is 17.3 Å². The molecule has 33 heavy (non-hydrogen) atoms. The maximum atomic E-state index is 12.2. The Morgan fingerprint density at radius 3 is 2.36 bits per heavy atom. The number of fused-ring (bicyclic) bond motifs is 5. The molecule has 4 rings (SSSR count). The van der Waals surface area contributed by atoms with Crippen LogP contribution < -0.4 is 0 Å². The summed E-state index contributed by atoms with van der Waals surface area (Å²) in [5.74, 6) is 1.77. The lowest BCUT2D eigenvalue weighted by Crippen LogP contribution is -2.63. The highest BCUT2D eigenvalue weighted by Gasteiger charge is 2.67. The van der Waals surface area contributed by atoms with Gasteiger partial charge in [-0.05, 0) is 96.2 Å². The van der Waals surface area contributed by atoms with Gasteiger partial charge in [0.25, 0.3) is 0 Å². The largest absolute Gasteiger partial charge is 0.481 e. The summed E-state index contributed by atoms with van der Waals surface area (Å²) >= 11 is 0. The van der Waals surface area contributed by atoms with E-state index in [4.69, 9.17) is 0 Å². The zero-order valence-electron chi connectivity index (χ0n) is 22.5. The zero-order chi connectivity index (χ0) is 24.6. The zero-order valence-corrected chi connectivity index (χ0v) is 22.5. The van der Waals surface area contributed by atoms with Crippen molar-refractivity contribution >= 4 is 12.3 Å². The fourth-order valence-electron chi connectivity index (χ4n) is 10.1. The SMILES string of the molecule is CC1CCC2(C)CCC3(C)C(=CCC4C(C)(CC(=O)O)C(C(C)(C)C=O)CCC43C)C2C1C. The fourth-order valence-corrected chi connectivity index (χ4v) is 10.1. The minimum atomic E-state index is -0.723. The molecule has 9 unspecified atom stereocenters. The Balaban J connectivity index is 1.84. The lowest BCUT2D eigenvalue weighted by molar-refractivity contribution is -0.177. The Hall–Kier alpha value is -1.12. The second-order valence-electron chi connectivity index (χ2n) is 14.3. The molecule has 0 radical (unpaired) electrons. The molecule has 0 amide bonds. The van der Waals surface area contributed by atoms with E-state index in [9.17, 15) is 14.7 Å². The van der Waals surface area contributed by atoms with Gasteiger partial charge in [-0.25, -0.2) is 0 Å². The van der Waals surface area contributed by atoms with E-state index in [1.165, 1.54) is 25.7 Å². The number of carbonyl (C=O) groups is 2. The minimum Gasteiger partial charge on any atom is -0.481 e. The van der Waals surface area contributed by atoms with Crippen LogP contribution in [0.25, 0.3) is 0 Å². The summed E-state index contributed by atoms with van der Waals surface area (Å²) in [6.07, 6.45) is 12.0. The maximum Gasteiger partial charge on any atom is 0.303 e. The molecule has 9 atom stereocenters. The highest BCUT2D eigenvalue weighted by molar-refractivity contribution is 5.68. The normalized spacial score (nSPS) is 49.8. The van der Waals surface area contributed by atoms with Crippen molar-refractivity contribution in [2.75, 3.05) is 0 Å². The van der Waals surface area contributed by atoms with Crippen molar-refractivity contribution < 1.29 is 14.7 Å². The van der Waals surface area contributed by atoms with Crippen molar-refractivity contribution in [2.24, 2.45) is 56.7 Å². The van der Waals surface area contributed by atoms with Gasteiger partial charge < -0.3 is 9.90 Å². The molecule has 0 aliphatic heterocycles. The minimum absolute atomic E-state index is 0.0679. The first-order valence-corrected chi connectivity index (χ1v) is 13.5. The molecule has 3 saturated carbocycles. The summed E-state index contributed by atoms with van der Waals surface area (Å²) in [7, 11) is 0. The van der Waals surface area contributed by atoms with Crippen LogP contribution in [0, 0.1) is 56.7 Å². The molecule has 0 aromatic carbocycles. The number of rotatable bonds is 4. The summed E-state index contributed by atoms with van der Waals surface area (Å²) in [6.45, 7) is 18.8. The van der Waals surface area contributed by atoms with Crippen molar-refractivity contribution in [1.82, 2.24) is 0 Å². The summed E-state index contributed by atoms with van der Waals surface area (Å²) in [6, 6.07) is 0. The Bertz CT molecular complexity index is 857. The van der Waals surface area contributed by atoms with Gasteiger partial charge in [0.1, 0.15) is 6.29 Å². The molecule has 0 saturated heterocycles. The van der Waals surface area contributed by atoms with Crippen LogP contribution in [-0.2, 0) is 9.59 Å². The predicted octanol–water partition coefficient (Wildman–Crippen LogP) is 7.54. The van der Waals surface area contributed by atoms with Crippen molar-refractivity contribution in [3.05, 3.63) is 11.6 Å². The van der Waals surface area contributed by atoms with Crippen LogP contribution in [0.5, 0.6) is 0 Å². The number of carbonyl (C=O) groups excluding carboxylic acids is 1. The summed E-state index contributed by atoms with van der Waals surface area (Å²) in [4.78, 5) is 24.3. The molecular weight excluding hydrogens is 408 g/mol. The quantitative estimate of drug-likeness (QED) is 0.351. The Morgan fingerprint density at radius 2 is 1.76 bits per heavy atom. The Morgan fingerprint density at radius 1 is 1.09 bits per heavy atom. The summed E-state index contributed by atoms with van der Waals surface area (Å²) in [5, 5.41) is 10.0. The number of hydrogen-bond acceptors (Lipinski definition) is 2. The topological polar surface area (TPSA) is 54.4 Å². The average Bonchev–Trinajstić information content (AvgIpc) is 2.71. The average molecular weight is 457 g/mol. The van der Waals surface area contributed by atoms with Gasteiger partial charge in [0, 0.05) is 5.41 Å². The fraction of sp³-hybridized carbons (Fsp3) is 0.867. The molecule has 3 heteroatoms. The van der Waals surface area contributed by atoms with Crippen LogP contribution >= 0.6 is 0 Å². The van der Waals surface area contributed by atoms with Crippen molar-refractivity contribution in [3.63, 3.8) is 0 Å². The predicted molar refractivity (Wildman–Crippen MR) is 134 cm³/mol. The first-order chi connectivity index (χ1) is 15.2. The molecule has 0 spiro atoms. The van der Waals surface area contributed by atoms with E-state index in [2.05, 4.69) is 47.6 Å². The molecule has 4 aliphatic rings. The third-order valence-electron chi connectivity index (χ3n) is 12.4. The van der Waals surface area contributed by atoms with Gasteiger partial charge in [-0.15, -0.1) is 0 Å². The number of aldehydes is 1. The van der Waals surface area contributed by atoms with Gasteiger partial charge in [0.2, 0.25) is 0 Å². The number of carboxylic acid groups (broad SMARTS) is 1. The molecule has 3 fully saturated rings. The van der Waals surface area contributed by atoms with E-state index in [1.54, 1.807) is 5.57 Å². The Kier molecular flexibility index (Phi) is 5.82. The van der Waals surface area contributed by atoms with E-state index < -0.39 is 11.4 Å². The third-order valence-corrected chi connectivity index (χ3v) is 12.4. The van der Waals surface area contributed by atoms with Crippen LogP contribution in [0.4, 0.5) is 0 Å². The van der Waals surface area contributed by atoms with Gasteiger partial charge >= 0.3 is 5.97 Å². The number of allylic oxidation sites excluding steroid dienone is 2. The molecule has 3 nitrogen and oxygen atoms in total. The first-order valence-electron chi connectivity index (χ1n) is 13.5. The molecule has 1 N–H and O–H groups in total. The monoisotopic (exact) mass is 456 g/mol. The molecule has 0 heterocycles. The van der Waals surface area contributed by atoms with Crippen LogP contribution in [0.2, 0.25) is 0 Å². The van der Waals surface area contributed by atoms with Crippen LogP contribution in [0.1, 0.15) is 107 Å². The van der Waals surface area contributed by atoms with Gasteiger partial charge in [-0.2, -0.15) is 0 Å². The van der Waals surface area contributed by atoms with E-state index in [-0.39, 0.29) is 34.5 Å². The first kappa shape index (κ1) is 25.0. The van der Waals surface area contributed by atoms with Gasteiger partial charge in [-0.3, -0.25) is 4.79 Å². The van der Waals surface area contributed by atoms with Gasteiger partial charge in [-0.1, -0.05) is 67.0 Å². The summed E-state index contributed by atoms with van der Waals surface area (Å²) in [5.41, 5.74) is 1.40. The van der Waals surface area contributed by atoms with Crippen molar-refractivity contribution in [2.45, 2.75) is 107 Å². The molecule has 0 bridgehead atoms. The number of hydrogen-bond donors (Lipinski definition) is 1. The standard InChI is InChI=1S/C30H48O3/c1-19-11-13-27(5)15-16-29(7)21(25(27)20(19)2)9-10-23-28(6,17-24(32)33)22(26(3,4)18-31)12-14-30(23,29)8/h9,18-20,22-23,25H,10-17H2,1-8H3,(H,32,33). The highest BCUT2D eigenvalue weighted by atomic mass is 16.4. The van der Waals surface area contributed by atoms with E-state index in [0.717, 1.165) is 31.5 Å². The number of carboxylic acids is 1. The highest BCUT2D eigenvalue weighted by Crippen LogP contribution is 2.74. The second kappa shape index (κ2) is 7.69. The van der Waals surface area contributed by atoms with Crippen LogP contribution in [-0.4, -0.2) is 17.4 Å². The molecule has 4 aliphatic carbocycles. The van der Waals surface area contributed by atoms with E-state index in [1.807, 2.05) is 13.8 Å². The molecule has 0 aromatic rings. The van der Waals surface area contributed by atoms with Gasteiger partial charge in [0.05, 0.1) is 6.42 Å². The molecule has 186 valence electrons. The lowest BCUT2D eigenvalue weighted by atomic mass is 9.34. The molecular formula is C30H48O3. The smallest absolute Gasteiger partial charge is 0.303 e. The van der Waals surface area contributed by atoms with Crippen molar-refractivity contribution in [1.29, 1.82) is 0 Å². The van der Waals surface area contributed by atoms with Crippen LogP contribution in [0.3, 0.4) is 0 Å². The lowest BCUT2D eigenvalue weighted by Gasteiger charge is -2.70. The van der Waals surface area contributed by atoms with E-state index >= 15 is 0 Å². The molecule has 0 aromatic heterocycles. The second-order valence-corrected chi connectivity index (χ2v) is 14.3. The maximum absolute atomic E-state index is 12.2. The third kappa shape index (κ3) is 3.33. The van der Waals surface area contributed by atoms with Gasteiger partial charge in [0.15, 0.2) is 0 Å². The van der Waals surface area contributed by atoms with Crippen molar-refractivity contribution in [3.8, 4) is 0 Å².